The Bertz CT molecular complexity index is 641. The molecule has 1 amide bonds. The van der Waals surface area contributed by atoms with E-state index in [0.29, 0.717) is 15.7 Å². The molecule has 0 heterocycles. The lowest BCUT2D eigenvalue weighted by Gasteiger charge is -2.13. The molecular formula is C16H15Cl2NO2S. The van der Waals surface area contributed by atoms with Crippen LogP contribution in [0.1, 0.15) is 6.92 Å². The van der Waals surface area contributed by atoms with Gasteiger partial charge in [-0.05, 0) is 49.4 Å². The second-order valence-electron chi connectivity index (χ2n) is 4.58. The van der Waals surface area contributed by atoms with Crippen molar-refractivity contribution in [1.29, 1.82) is 0 Å². The minimum Gasteiger partial charge on any atom is -0.497 e. The minimum atomic E-state index is -0.258. The third kappa shape index (κ3) is 4.83. The highest BCUT2D eigenvalue weighted by Gasteiger charge is 2.15. The van der Waals surface area contributed by atoms with E-state index in [9.17, 15) is 4.79 Å². The Kier molecular flexibility index (Phi) is 6.00. The Morgan fingerprint density at radius 1 is 1.14 bits per heavy atom. The van der Waals surface area contributed by atoms with Crippen LogP contribution in [-0.2, 0) is 4.79 Å². The molecule has 0 saturated carbocycles. The van der Waals surface area contributed by atoms with E-state index in [2.05, 4.69) is 5.32 Å². The summed E-state index contributed by atoms with van der Waals surface area (Å²) in [5.41, 5.74) is 0.588. The predicted octanol–water partition coefficient (Wildman–Crippen LogP) is 5.12. The van der Waals surface area contributed by atoms with Crippen molar-refractivity contribution in [1.82, 2.24) is 0 Å². The average Bonchev–Trinajstić information content (AvgIpc) is 2.46. The molecule has 0 aliphatic rings. The first-order chi connectivity index (χ1) is 10.5. The number of benzene rings is 2. The van der Waals surface area contributed by atoms with Crippen molar-refractivity contribution in [2.24, 2.45) is 0 Å². The molecule has 0 aliphatic heterocycles. The summed E-state index contributed by atoms with van der Waals surface area (Å²) in [4.78, 5) is 13.2. The van der Waals surface area contributed by atoms with Crippen molar-refractivity contribution in [2.75, 3.05) is 12.4 Å². The number of hydrogen-bond acceptors (Lipinski definition) is 3. The number of carbonyl (C=O) groups is 1. The molecule has 22 heavy (non-hydrogen) atoms. The molecule has 116 valence electrons. The van der Waals surface area contributed by atoms with Gasteiger partial charge in [0, 0.05) is 20.6 Å². The van der Waals surface area contributed by atoms with Crippen molar-refractivity contribution in [3.05, 3.63) is 52.5 Å². The Morgan fingerprint density at radius 2 is 1.73 bits per heavy atom. The molecule has 0 fully saturated rings. The highest BCUT2D eigenvalue weighted by atomic mass is 35.5. The normalized spacial score (nSPS) is 11.8. The smallest absolute Gasteiger partial charge is 0.237 e. The van der Waals surface area contributed by atoms with Gasteiger partial charge in [0.15, 0.2) is 0 Å². The average molecular weight is 356 g/mol. The minimum absolute atomic E-state index is 0.112. The maximum absolute atomic E-state index is 12.2. The second kappa shape index (κ2) is 7.77. The molecule has 1 N–H and O–H groups in total. The molecular weight excluding hydrogens is 341 g/mol. The maximum Gasteiger partial charge on any atom is 0.237 e. The van der Waals surface area contributed by atoms with Gasteiger partial charge in [0.05, 0.1) is 12.4 Å². The van der Waals surface area contributed by atoms with Crippen molar-refractivity contribution in [3.8, 4) is 5.75 Å². The zero-order chi connectivity index (χ0) is 16.1. The topological polar surface area (TPSA) is 38.3 Å². The van der Waals surface area contributed by atoms with E-state index in [1.165, 1.54) is 11.8 Å². The summed E-state index contributed by atoms with van der Waals surface area (Å²) < 4.78 is 5.11. The lowest BCUT2D eigenvalue weighted by atomic mass is 10.3. The number of hydrogen-bond donors (Lipinski definition) is 1. The molecule has 2 rings (SSSR count). The molecule has 6 heteroatoms. The lowest BCUT2D eigenvalue weighted by molar-refractivity contribution is -0.115. The third-order valence-electron chi connectivity index (χ3n) is 2.87. The number of methoxy groups -OCH3 is 1. The summed E-state index contributed by atoms with van der Waals surface area (Å²) in [6, 6.07) is 12.5. The summed E-state index contributed by atoms with van der Waals surface area (Å²) in [6.07, 6.45) is 0. The molecule has 0 radical (unpaired) electrons. The van der Waals surface area contributed by atoms with Gasteiger partial charge >= 0.3 is 0 Å². The summed E-state index contributed by atoms with van der Waals surface area (Å²) in [6.45, 7) is 1.84. The van der Waals surface area contributed by atoms with Crippen LogP contribution in [0.15, 0.2) is 47.4 Å². The molecule has 0 spiro atoms. The quantitative estimate of drug-likeness (QED) is 0.756. The molecule has 0 unspecified atom stereocenters. The van der Waals surface area contributed by atoms with Gasteiger partial charge in [-0.2, -0.15) is 0 Å². The van der Waals surface area contributed by atoms with Gasteiger partial charge in [-0.3, -0.25) is 4.79 Å². The van der Waals surface area contributed by atoms with Crippen LogP contribution in [0.3, 0.4) is 0 Å². The molecule has 3 nitrogen and oxygen atoms in total. The Balaban J connectivity index is 1.99. The highest BCUT2D eigenvalue weighted by molar-refractivity contribution is 8.00. The number of amides is 1. The Morgan fingerprint density at radius 3 is 2.27 bits per heavy atom. The van der Waals surface area contributed by atoms with Crippen molar-refractivity contribution in [2.45, 2.75) is 17.1 Å². The van der Waals surface area contributed by atoms with Crippen LogP contribution < -0.4 is 10.1 Å². The maximum atomic E-state index is 12.2. The van der Waals surface area contributed by atoms with Gasteiger partial charge in [0.2, 0.25) is 5.91 Å². The van der Waals surface area contributed by atoms with Crippen LogP contribution in [0.5, 0.6) is 5.75 Å². The number of ether oxygens (including phenoxy) is 1. The van der Waals surface area contributed by atoms with E-state index in [-0.39, 0.29) is 11.2 Å². The number of halogens is 2. The number of anilines is 1. The van der Waals surface area contributed by atoms with Crippen LogP contribution in [0.25, 0.3) is 0 Å². The summed E-state index contributed by atoms with van der Waals surface area (Å²) in [5, 5.41) is 3.52. The van der Waals surface area contributed by atoms with E-state index >= 15 is 0 Å². The van der Waals surface area contributed by atoms with Crippen molar-refractivity contribution in [3.63, 3.8) is 0 Å². The van der Waals surface area contributed by atoms with Crippen LogP contribution in [0.4, 0.5) is 5.69 Å². The first-order valence-corrected chi connectivity index (χ1v) is 8.19. The van der Waals surface area contributed by atoms with Gasteiger partial charge in [0.25, 0.3) is 0 Å². The number of thioether (sulfide) groups is 1. The van der Waals surface area contributed by atoms with Gasteiger partial charge in [0.1, 0.15) is 5.75 Å². The molecule has 0 aromatic heterocycles. The fraction of sp³-hybridized carbons (Fsp3) is 0.188. The standard InChI is InChI=1S/C16H15Cl2NO2S/c1-10(22-15-5-3-14(21-2)4-6-15)16(20)19-13-8-11(17)7-12(18)9-13/h3-10H,1-2H3,(H,19,20)/t10-/m1/s1. The monoisotopic (exact) mass is 355 g/mol. The van der Waals surface area contributed by atoms with E-state index in [1.54, 1.807) is 25.3 Å². The SMILES string of the molecule is COc1ccc(S[C@H](C)C(=O)Nc2cc(Cl)cc(Cl)c2)cc1. The zero-order valence-corrected chi connectivity index (χ0v) is 14.4. The largest absolute Gasteiger partial charge is 0.497 e. The molecule has 2 aromatic carbocycles. The summed E-state index contributed by atoms with van der Waals surface area (Å²) >= 11 is 13.3. The third-order valence-corrected chi connectivity index (χ3v) is 4.42. The molecule has 0 bridgehead atoms. The van der Waals surface area contributed by atoms with Crippen molar-refractivity contribution >= 4 is 46.6 Å². The fourth-order valence-electron chi connectivity index (χ4n) is 1.78. The van der Waals surface area contributed by atoms with Crippen LogP contribution >= 0.6 is 35.0 Å². The lowest BCUT2D eigenvalue weighted by Crippen LogP contribution is -2.22. The van der Waals surface area contributed by atoms with Gasteiger partial charge in [-0.1, -0.05) is 23.2 Å². The van der Waals surface area contributed by atoms with E-state index in [0.717, 1.165) is 10.6 Å². The molecule has 0 saturated heterocycles. The summed E-state index contributed by atoms with van der Waals surface area (Å²) in [7, 11) is 1.62. The van der Waals surface area contributed by atoms with Crippen LogP contribution in [0, 0.1) is 0 Å². The zero-order valence-electron chi connectivity index (χ0n) is 12.1. The van der Waals surface area contributed by atoms with Gasteiger partial charge in [-0.25, -0.2) is 0 Å². The summed E-state index contributed by atoms with van der Waals surface area (Å²) in [5.74, 6) is 0.675. The number of carbonyl (C=O) groups excluding carboxylic acids is 1. The number of rotatable bonds is 5. The van der Waals surface area contributed by atoms with E-state index in [4.69, 9.17) is 27.9 Å². The van der Waals surface area contributed by atoms with Gasteiger partial charge < -0.3 is 10.1 Å². The van der Waals surface area contributed by atoms with Crippen LogP contribution in [-0.4, -0.2) is 18.3 Å². The Labute approximate surface area is 144 Å². The van der Waals surface area contributed by atoms with Crippen molar-refractivity contribution < 1.29 is 9.53 Å². The second-order valence-corrected chi connectivity index (χ2v) is 6.87. The van der Waals surface area contributed by atoms with Gasteiger partial charge in [-0.15, -0.1) is 11.8 Å². The molecule has 0 aliphatic carbocycles. The molecule has 1 atom stereocenters. The fourth-order valence-corrected chi connectivity index (χ4v) is 3.18. The number of nitrogens with one attached hydrogen (secondary N) is 1. The first-order valence-electron chi connectivity index (χ1n) is 6.55. The van der Waals surface area contributed by atoms with E-state index in [1.807, 2.05) is 31.2 Å². The van der Waals surface area contributed by atoms with Crippen LogP contribution in [0.2, 0.25) is 10.0 Å². The van der Waals surface area contributed by atoms with E-state index < -0.39 is 0 Å². The highest BCUT2D eigenvalue weighted by Crippen LogP contribution is 2.27. The first kappa shape index (κ1) is 17.0. The predicted molar refractivity (Wildman–Crippen MR) is 93.4 cm³/mol. The Hall–Kier alpha value is -1.36. The molecule has 2 aromatic rings.